The smallest absolute Gasteiger partial charge is 0.260 e. The van der Waals surface area contributed by atoms with Crippen LogP contribution in [-0.2, 0) is 4.79 Å². The Morgan fingerprint density at radius 3 is 2.38 bits per heavy atom. The lowest BCUT2D eigenvalue weighted by molar-refractivity contribution is -0.136. The van der Waals surface area contributed by atoms with Gasteiger partial charge in [0.2, 0.25) is 0 Å². The quantitative estimate of drug-likeness (QED) is 0.789. The van der Waals surface area contributed by atoms with E-state index in [4.69, 9.17) is 4.74 Å². The molecule has 1 aromatic carbocycles. The second kappa shape index (κ2) is 8.52. The third-order valence-electron chi connectivity index (χ3n) is 4.56. The molecule has 2 aliphatic heterocycles. The number of benzene rings is 1. The Morgan fingerprint density at radius 1 is 1.12 bits per heavy atom. The Balaban J connectivity index is 1.50. The molecule has 2 unspecified atom stereocenters. The number of hydrogen-bond acceptors (Lipinski definition) is 4. The van der Waals surface area contributed by atoms with Crippen LogP contribution in [0.4, 0.5) is 0 Å². The zero-order chi connectivity index (χ0) is 16.9. The third-order valence-corrected chi connectivity index (χ3v) is 7.58. The van der Waals surface area contributed by atoms with Crippen molar-refractivity contribution in [3.05, 3.63) is 29.8 Å². The minimum absolute atomic E-state index is 0.107. The summed E-state index contributed by atoms with van der Waals surface area (Å²) in [4.78, 5) is 14.3. The van der Waals surface area contributed by atoms with Gasteiger partial charge in [0, 0.05) is 13.1 Å². The standard InChI is InChI=1S/C19H27NO2S2/c1-14-10-15(2)12-20(11-14)18(21)13-22-17-6-4-16(5-7-17)19-23-8-3-9-24-19/h4-7,14-15,19H,3,8-13H2,1-2H3. The zero-order valence-electron chi connectivity index (χ0n) is 14.6. The molecule has 3 rings (SSSR count). The van der Waals surface area contributed by atoms with Crippen molar-refractivity contribution in [3.8, 4) is 5.75 Å². The van der Waals surface area contributed by atoms with Crippen molar-refractivity contribution >= 4 is 29.4 Å². The van der Waals surface area contributed by atoms with Crippen LogP contribution in [0.25, 0.3) is 0 Å². The summed E-state index contributed by atoms with van der Waals surface area (Å²) in [6.45, 7) is 6.31. The number of nitrogens with zero attached hydrogens (tertiary/aromatic N) is 1. The van der Waals surface area contributed by atoms with Gasteiger partial charge in [0.25, 0.3) is 5.91 Å². The molecule has 1 amide bonds. The van der Waals surface area contributed by atoms with E-state index in [-0.39, 0.29) is 12.5 Å². The first kappa shape index (κ1) is 18.0. The van der Waals surface area contributed by atoms with Gasteiger partial charge in [0.1, 0.15) is 5.75 Å². The predicted octanol–water partition coefficient (Wildman–Crippen LogP) is 4.44. The highest BCUT2D eigenvalue weighted by Crippen LogP contribution is 2.43. The van der Waals surface area contributed by atoms with Crippen LogP contribution in [0, 0.1) is 11.8 Å². The summed E-state index contributed by atoms with van der Waals surface area (Å²) in [5.74, 6) is 4.56. The van der Waals surface area contributed by atoms with E-state index in [1.54, 1.807) is 0 Å². The summed E-state index contributed by atoms with van der Waals surface area (Å²) in [6.07, 6.45) is 2.52. The molecule has 132 valence electrons. The van der Waals surface area contributed by atoms with Gasteiger partial charge in [-0.05, 0) is 53.9 Å². The van der Waals surface area contributed by atoms with Crippen molar-refractivity contribution in [2.75, 3.05) is 31.2 Å². The van der Waals surface area contributed by atoms with Gasteiger partial charge in [-0.2, -0.15) is 0 Å². The average Bonchev–Trinajstić information content (AvgIpc) is 2.60. The molecule has 2 fully saturated rings. The monoisotopic (exact) mass is 365 g/mol. The SMILES string of the molecule is CC1CC(C)CN(C(=O)COc2ccc(C3SCCCS3)cc2)C1. The lowest BCUT2D eigenvalue weighted by Gasteiger charge is -2.34. The van der Waals surface area contributed by atoms with Crippen LogP contribution in [0.3, 0.4) is 0 Å². The first-order valence-corrected chi connectivity index (χ1v) is 11.0. The predicted molar refractivity (Wildman–Crippen MR) is 104 cm³/mol. The highest BCUT2D eigenvalue weighted by Gasteiger charge is 2.25. The summed E-state index contributed by atoms with van der Waals surface area (Å²) in [5, 5.41) is 0. The molecule has 2 atom stereocenters. The van der Waals surface area contributed by atoms with E-state index in [1.807, 2.05) is 40.6 Å². The highest BCUT2D eigenvalue weighted by molar-refractivity contribution is 8.16. The normalized spacial score (nSPS) is 25.5. The van der Waals surface area contributed by atoms with Crippen molar-refractivity contribution in [1.82, 2.24) is 4.90 Å². The van der Waals surface area contributed by atoms with Crippen molar-refractivity contribution < 1.29 is 9.53 Å². The Bertz CT molecular complexity index is 533. The van der Waals surface area contributed by atoms with Gasteiger partial charge >= 0.3 is 0 Å². The average molecular weight is 366 g/mol. The highest BCUT2D eigenvalue weighted by atomic mass is 32.2. The van der Waals surface area contributed by atoms with Crippen LogP contribution in [-0.4, -0.2) is 42.0 Å². The van der Waals surface area contributed by atoms with E-state index in [0.717, 1.165) is 18.8 Å². The molecule has 0 saturated carbocycles. The molecule has 2 aliphatic rings. The number of amides is 1. The summed E-state index contributed by atoms with van der Waals surface area (Å²) >= 11 is 4.04. The van der Waals surface area contributed by atoms with Crippen molar-refractivity contribution in [2.24, 2.45) is 11.8 Å². The number of ether oxygens (including phenoxy) is 1. The summed E-state index contributed by atoms with van der Waals surface area (Å²) in [5.41, 5.74) is 1.35. The molecular weight excluding hydrogens is 338 g/mol. The molecule has 3 nitrogen and oxygen atoms in total. The fourth-order valence-corrected chi connectivity index (χ4v) is 6.40. The van der Waals surface area contributed by atoms with Crippen molar-refractivity contribution in [2.45, 2.75) is 31.3 Å². The van der Waals surface area contributed by atoms with Crippen LogP contribution in [0.2, 0.25) is 0 Å². The maximum absolute atomic E-state index is 12.4. The zero-order valence-corrected chi connectivity index (χ0v) is 16.2. The molecule has 5 heteroatoms. The van der Waals surface area contributed by atoms with Crippen LogP contribution in [0.15, 0.2) is 24.3 Å². The number of carbonyl (C=O) groups excluding carboxylic acids is 1. The fraction of sp³-hybridized carbons (Fsp3) is 0.632. The summed E-state index contributed by atoms with van der Waals surface area (Å²) in [7, 11) is 0. The van der Waals surface area contributed by atoms with Gasteiger partial charge in [-0.25, -0.2) is 0 Å². The number of hydrogen-bond donors (Lipinski definition) is 0. The number of carbonyl (C=O) groups is 1. The van der Waals surface area contributed by atoms with E-state index < -0.39 is 0 Å². The molecule has 0 radical (unpaired) electrons. The van der Waals surface area contributed by atoms with Crippen LogP contribution >= 0.6 is 23.5 Å². The lowest BCUT2D eigenvalue weighted by Crippen LogP contribution is -2.44. The first-order valence-electron chi connectivity index (χ1n) is 8.85. The molecule has 2 heterocycles. The summed E-state index contributed by atoms with van der Waals surface area (Å²) in [6, 6.07) is 8.28. The van der Waals surface area contributed by atoms with Gasteiger partial charge in [-0.3, -0.25) is 4.79 Å². The molecule has 0 N–H and O–H groups in total. The second-order valence-electron chi connectivity index (χ2n) is 7.03. The van der Waals surface area contributed by atoms with Crippen LogP contribution in [0.5, 0.6) is 5.75 Å². The largest absolute Gasteiger partial charge is 0.484 e. The number of piperidine rings is 1. The van der Waals surface area contributed by atoms with Crippen molar-refractivity contribution in [3.63, 3.8) is 0 Å². The van der Waals surface area contributed by atoms with E-state index in [0.29, 0.717) is 16.4 Å². The Hall–Kier alpha value is -0.810. The molecule has 0 spiro atoms. The minimum atomic E-state index is 0.107. The minimum Gasteiger partial charge on any atom is -0.484 e. The Labute approximate surface area is 153 Å². The van der Waals surface area contributed by atoms with Gasteiger partial charge in [0.15, 0.2) is 6.61 Å². The van der Waals surface area contributed by atoms with E-state index in [1.165, 1.54) is 29.9 Å². The Kier molecular flexibility index (Phi) is 6.39. The second-order valence-corrected chi connectivity index (χ2v) is 9.75. The van der Waals surface area contributed by atoms with Crippen LogP contribution in [0.1, 0.15) is 36.8 Å². The van der Waals surface area contributed by atoms with Crippen molar-refractivity contribution in [1.29, 1.82) is 0 Å². The first-order chi connectivity index (χ1) is 11.6. The maximum Gasteiger partial charge on any atom is 0.260 e. The molecule has 2 saturated heterocycles. The maximum atomic E-state index is 12.4. The molecule has 0 aromatic heterocycles. The van der Waals surface area contributed by atoms with E-state index in [2.05, 4.69) is 26.0 Å². The molecule has 0 bridgehead atoms. The molecule has 24 heavy (non-hydrogen) atoms. The van der Waals surface area contributed by atoms with Gasteiger partial charge in [-0.1, -0.05) is 26.0 Å². The fourth-order valence-electron chi connectivity index (χ4n) is 3.50. The molecular formula is C19H27NO2S2. The van der Waals surface area contributed by atoms with Gasteiger partial charge in [-0.15, -0.1) is 23.5 Å². The van der Waals surface area contributed by atoms with Gasteiger partial charge < -0.3 is 9.64 Å². The van der Waals surface area contributed by atoms with Crippen LogP contribution < -0.4 is 4.74 Å². The van der Waals surface area contributed by atoms with E-state index >= 15 is 0 Å². The van der Waals surface area contributed by atoms with E-state index in [9.17, 15) is 4.79 Å². The number of thioether (sulfide) groups is 2. The number of likely N-dealkylation sites (tertiary alicyclic amines) is 1. The Morgan fingerprint density at radius 2 is 1.75 bits per heavy atom. The summed E-state index contributed by atoms with van der Waals surface area (Å²) < 4.78 is 6.28. The molecule has 1 aromatic rings. The van der Waals surface area contributed by atoms with Gasteiger partial charge in [0.05, 0.1) is 4.58 Å². The third kappa shape index (κ3) is 4.85. The topological polar surface area (TPSA) is 29.5 Å². The lowest BCUT2D eigenvalue weighted by atomic mass is 9.92. The molecule has 0 aliphatic carbocycles. The number of rotatable bonds is 4.